The summed E-state index contributed by atoms with van der Waals surface area (Å²) >= 11 is 0. The summed E-state index contributed by atoms with van der Waals surface area (Å²) in [5.41, 5.74) is 1.95. The van der Waals surface area contributed by atoms with Gasteiger partial charge in [0.05, 0.1) is 19.9 Å². The molecule has 1 aliphatic heterocycles. The summed E-state index contributed by atoms with van der Waals surface area (Å²) in [6.07, 6.45) is 0.980. The zero-order valence-electron chi connectivity index (χ0n) is 16.9. The molecule has 1 aliphatic rings. The molecule has 0 spiro atoms. The minimum Gasteiger partial charge on any atom is -0.497 e. The lowest BCUT2D eigenvalue weighted by atomic mass is 10.2. The number of likely N-dealkylation sites (N-methyl/N-ethyl adjacent to an activating group) is 1. The Morgan fingerprint density at radius 2 is 1.96 bits per heavy atom. The van der Waals surface area contributed by atoms with Gasteiger partial charge in [-0.1, -0.05) is 30.3 Å². The lowest BCUT2D eigenvalue weighted by Gasteiger charge is -2.28. The van der Waals surface area contributed by atoms with Gasteiger partial charge < -0.3 is 19.7 Å². The minimum absolute atomic E-state index is 0.0995. The molecule has 1 unspecified atom stereocenters. The van der Waals surface area contributed by atoms with Crippen LogP contribution in [-0.4, -0.2) is 55.7 Å². The molecule has 0 radical (unpaired) electrons. The van der Waals surface area contributed by atoms with Crippen molar-refractivity contribution in [3.63, 3.8) is 0 Å². The summed E-state index contributed by atoms with van der Waals surface area (Å²) in [6, 6.07) is 16.0. The summed E-state index contributed by atoms with van der Waals surface area (Å²) in [4.78, 5) is 17.2. The predicted molar refractivity (Wildman–Crippen MR) is 111 cm³/mol. The summed E-state index contributed by atoms with van der Waals surface area (Å²) in [5, 5.41) is 2.99. The van der Waals surface area contributed by atoms with Gasteiger partial charge >= 0.3 is 6.03 Å². The second-order valence-corrected chi connectivity index (χ2v) is 6.95. The number of urea groups is 1. The first-order valence-electron chi connectivity index (χ1n) is 9.70. The standard InChI is InChI=1S/C22H29N3O3/c1-4-25(18-12-13-24(16-18)15-17-8-6-5-7-9-17)22(26)23-20-11-10-19(27-2)14-21(20)28-3/h5-11,14,18H,4,12-13,15-16H2,1-3H3,(H,23,26). The highest BCUT2D eigenvalue weighted by atomic mass is 16.5. The molecular formula is C22H29N3O3. The van der Waals surface area contributed by atoms with Gasteiger partial charge in [-0.05, 0) is 31.0 Å². The average molecular weight is 383 g/mol. The SMILES string of the molecule is CCN(C(=O)Nc1ccc(OC)cc1OC)C1CCN(Cc2ccccc2)C1. The second kappa shape index (κ2) is 9.46. The van der Waals surface area contributed by atoms with Crippen molar-refractivity contribution < 1.29 is 14.3 Å². The Balaban J connectivity index is 1.62. The highest BCUT2D eigenvalue weighted by Gasteiger charge is 2.30. The number of ether oxygens (including phenoxy) is 2. The van der Waals surface area contributed by atoms with Crippen molar-refractivity contribution in [1.29, 1.82) is 0 Å². The second-order valence-electron chi connectivity index (χ2n) is 6.95. The molecule has 0 aliphatic carbocycles. The number of amides is 2. The van der Waals surface area contributed by atoms with E-state index in [9.17, 15) is 4.79 Å². The van der Waals surface area contributed by atoms with Gasteiger partial charge in [0.1, 0.15) is 11.5 Å². The molecular weight excluding hydrogens is 354 g/mol. The lowest BCUT2D eigenvalue weighted by molar-refractivity contribution is 0.189. The molecule has 2 amide bonds. The van der Waals surface area contributed by atoms with Crippen molar-refractivity contribution in [1.82, 2.24) is 9.80 Å². The Morgan fingerprint density at radius 3 is 2.64 bits per heavy atom. The zero-order chi connectivity index (χ0) is 19.9. The van der Waals surface area contributed by atoms with Crippen LogP contribution < -0.4 is 14.8 Å². The summed E-state index contributed by atoms with van der Waals surface area (Å²) in [7, 11) is 3.19. The van der Waals surface area contributed by atoms with Gasteiger partial charge in [-0.25, -0.2) is 4.79 Å². The molecule has 28 heavy (non-hydrogen) atoms. The molecule has 0 bridgehead atoms. The largest absolute Gasteiger partial charge is 0.497 e. The van der Waals surface area contributed by atoms with Crippen molar-refractivity contribution >= 4 is 11.7 Å². The number of nitrogens with one attached hydrogen (secondary N) is 1. The molecule has 1 fully saturated rings. The van der Waals surface area contributed by atoms with Gasteiger partial charge in [0.25, 0.3) is 0 Å². The third-order valence-electron chi connectivity index (χ3n) is 5.19. The highest BCUT2D eigenvalue weighted by Crippen LogP contribution is 2.29. The third-order valence-corrected chi connectivity index (χ3v) is 5.19. The first kappa shape index (κ1) is 20.0. The smallest absolute Gasteiger partial charge is 0.322 e. The number of carbonyl (C=O) groups excluding carboxylic acids is 1. The van der Waals surface area contributed by atoms with Crippen molar-refractivity contribution in [2.75, 3.05) is 39.2 Å². The Hall–Kier alpha value is -2.73. The molecule has 1 atom stereocenters. The van der Waals surface area contributed by atoms with Crippen LogP contribution in [0.25, 0.3) is 0 Å². The molecule has 2 aromatic rings. The monoisotopic (exact) mass is 383 g/mol. The van der Waals surface area contributed by atoms with E-state index in [1.54, 1.807) is 26.4 Å². The Bertz CT molecular complexity index is 782. The van der Waals surface area contributed by atoms with E-state index in [1.165, 1.54) is 5.56 Å². The van der Waals surface area contributed by atoms with E-state index in [0.717, 1.165) is 26.1 Å². The summed E-state index contributed by atoms with van der Waals surface area (Å²) in [5.74, 6) is 1.27. The Kier molecular flexibility index (Phi) is 6.76. The van der Waals surface area contributed by atoms with E-state index in [0.29, 0.717) is 23.7 Å². The average Bonchev–Trinajstić information content (AvgIpc) is 3.17. The molecule has 2 aromatic carbocycles. The van der Waals surface area contributed by atoms with Gasteiger partial charge in [0.2, 0.25) is 0 Å². The maximum Gasteiger partial charge on any atom is 0.322 e. The van der Waals surface area contributed by atoms with E-state index >= 15 is 0 Å². The fraction of sp³-hybridized carbons (Fsp3) is 0.409. The van der Waals surface area contributed by atoms with Crippen LogP contribution in [0.2, 0.25) is 0 Å². The first-order chi connectivity index (χ1) is 13.6. The summed E-state index contributed by atoms with van der Waals surface area (Å²) < 4.78 is 10.6. The molecule has 150 valence electrons. The van der Waals surface area contributed by atoms with Crippen molar-refractivity contribution in [3.8, 4) is 11.5 Å². The van der Waals surface area contributed by atoms with E-state index < -0.39 is 0 Å². The van der Waals surface area contributed by atoms with Crippen molar-refractivity contribution in [2.45, 2.75) is 25.9 Å². The number of carbonyl (C=O) groups is 1. The van der Waals surface area contributed by atoms with Gasteiger partial charge in [0, 0.05) is 38.3 Å². The lowest BCUT2D eigenvalue weighted by Crippen LogP contribution is -2.44. The molecule has 6 heteroatoms. The topological polar surface area (TPSA) is 54.0 Å². The number of anilines is 1. The number of hydrogen-bond acceptors (Lipinski definition) is 4. The van der Waals surface area contributed by atoms with Crippen LogP contribution in [0.4, 0.5) is 10.5 Å². The van der Waals surface area contributed by atoms with Crippen LogP contribution in [0.1, 0.15) is 18.9 Å². The van der Waals surface area contributed by atoms with Crippen molar-refractivity contribution in [3.05, 3.63) is 54.1 Å². The van der Waals surface area contributed by atoms with Gasteiger partial charge in [-0.3, -0.25) is 4.90 Å². The van der Waals surface area contributed by atoms with E-state index in [4.69, 9.17) is 9.47 Å². The summed E-state index contributed by atoms with van der Waals surface area (Å²) in [6.45, 7) is 5.48. The number of likely N-dealkylation sites (tertiary alicyclic amines) is 1. The predicted octanol–water partition coefficient (Wildman–Crippen LogP) is 3.83. The number of hydrogen-bond donors (Lipinski definition) is 1. The molecule has 0 aromatic heterocycles. The highest BCUT2D eigenvalue weighted by molar-refractivity contribution is 5.91. The Morgan fingerprint density at radius 1 is 1.18 bits per heavy atom. The third kappa shape index (κ3) is 4.75. The van der Waals surface area contributed by atoms with Crippen LogP contribution in [0, 0.1) is 0 Å². The Labute approximate surface area is 167 Å². The maximum atomic E-state index is 12.9. The number of nitrogens with zero attached hydrogens (tertiary/aromatic N) is 2. The fourth-order valence-corrected chi connectivity index (χ4v) is 3.71. The maximum absolute atomic E-state index is 12.9. The van der Waals surface area contributed by atoms with E-state index in [1.807, 2.05) is 24.0 Å². The fourth-order valence-electron chi connectivity index (χ4n) is 3.71. The van der Waals surface area contributed by atoms with Crippen LogP contribution >= 0.6 is 0 Å². The molecule has 0 saturated carbocycles. The minimum atomic E-state index is -0.0995. The molecule has 1 saturated heterocycles. The normalized spacial score (nSPS) is 16.6. The van der Waals surface area contributed by atoms with Gasteiger partial charge in [-0.2, -0.15) is 0 Å². The number of benzene rings is 2. The van der Waals surface area contributed by atoms with Crippen LogP contribution in [-0.2, 0) is 6.54 Å². The van der Waals surface area contributed by atoms with Gasteiger partial charge in [-0.15, -0.1) is 0 Å². The van der Waals surface area contributed by atoms with E-state index in [-0.39, 0.29) is 12.1 Å². The van der Waals surface area contributed by atoms with Crippen LogP contribution in [0.15, 0.2) is 48.5 Å². The quantitative estimate of drug-likeness (QED) is 0.789. The van der Waals surface area contributed by atoms with Gasteiger partial charge in [0.15, 0.2) is 0 Å². The number of rotatable bonds is 7. The van der Waals surface area contributed by atoms with Crippen molar-refractivity contribution in [2.24, 2.45) is 0 Å². The first-order valence-corrected chi connectivity index (χ1v) is 9.70. The number of methoxy groups -OCH3 is 2. The molecule has 6 nitrogen and oxygen atoms in total. The van der Waals surface area contributed by atoms with Crippen LogP contribution in [0.5, 0.6) is 11.5 Å². The van der Waals surface area contributed by atoms with E-state index in [2.05, 4.69) is 34.5 Å². The molecule has 1 heterocycles. The molecule has 3 rings (SSSR count). The van der Waals surface area contributed by atoms with Crippen LogP contribution in [0.3, 0.4) is 0 Å². The molecule has 1 N–H and O–H groups in total. The zero-order valence-corrected chi connectivity index (χ0v) is 16.9.